The van der Waals surface area contributed by atoms with Crippen LogP contribution in [0.25, 0.3) is 0 Å². The van der Waals surface area contributed by atoms with E-state index in [0.717, 1.165) is 5.69 Å². The average Bonchev–Trinajstić information content (AvgIpc) is 2.38. The van der Waals surface area contributed by atoms with Gasteiger partial charge in [0.2, 0.25) is 0 Å². The van der Waals surface area contributed by atoms with Crippen LogP contribution in [0.15, 0.2) is 34.3 Å². The van der Waals surface area contributed by atoms with Gasteiger partial charge >= 0.3 is 5.97 Å². The maximum Gasteiger partial charge on any atom is 0.333 e. The lowest BCUT2D eigenvalue weighted by Gasteiger charge is -2.06. The number of hydrogen-bond donors (Lipinski definition) is 1. The van der Waals surface area contributed by atoms with E-state index >= 15 is 0 Å². The highest BCUT2D eigenvalue weighted by molar-refractivity contribution is 9.10. The molecule has 0 unspecified atom stereocenters. The highest BCUT2D eigenvalue weighted by Gasteiger charge is 2.05. The summed E-state index contributed by atoms with van der Waals surface area (Å²) in [5.41, 5.74) is 1.39. The number of rotatable bonds is 5. The van der Waals surface area contributed by atoms with Crippen LogP contribution in [0.1, 0.15) is 13.3 Å². The Morgan fingerprint density at radius 1 is 1.56 bits per heavy atom. The first kappa shape index (κ1) is 14.7. The van der Waals surface area contributed by atoms with E-state index in [1.165, 1.54) is 13.2 Å². The summed E-state index contributed by atoms with van der Waals surface area (Å²) in [7, 11) is 1.36. The molecule has 0 aliphatic rings. The van der Waals surface area contributed by atoms with Gasteiger partial charge in [0.05, 0.1) is 11.6 Å². The van der Waals surface area contributed by atoms with Crippen LogP contribution in [0.3, 0.4) is 0 Å². The van der Waals surface area contributed by atoms with Gasteiger partial charge in [0.1, 0.15) is 5.82 Å². The number of hydrogen-bond acceptors (Lipinski definition) is 3. The number of benzene rings is 1. The zero-order chi connectivity index (χ0) is 13.5. The average molecular weight is 316 g/mol. The Morgan fingerprint density at radius 3 is 2.83 bits per heavy atom. The number of anilines is 1. The van der Waals surface area contributed by atoms with E-state index in [9.17, 15) is 9.18 Å². The second kappa shape index (κ2) is 7.16. The molecule has 18 heavy (non-hydrogen) atoms. The maximum absolute atomic E-state index is 13.0. The van der Waals surface area contributed by atoms with Crippen molar-refractivity contribution >= 4 is 27.6 Å². The Bertz CT molecular complexity index is 460. The number of ether oxygens (including phenoxy) is 1. The van der Waals surface area contributed by atoms with Gasteiger partial charge < -0.3 is 10.1 Å². The van der Waals surface area contributed by atoms with E-state index < -0.39 is 0 Å². The lowest BCUT2D eigenvalue weighted by atomic mass is 10.2. The van der Waals surface area contributed by atoms with E-state index in [0.29, 0.717) is 23.0 Å². The summed E-state index contributed by atoms with van der Waals surface area (Å²) in [5, 5.41) is 3.08. The van der Waals surface area contributed by atoms with Gasteiger partial charge in [0.15, 0.2) is 0 Å². The van der Waals surface area contributed by atoms with E-state index in [2.05, 4.69) is 26.0 Å². The summed E-state index contributed by atoms with van der Waals surface area (Å²) in [6.07, 6.45) is 2.38. The van der Waals surface area contributed by atoms with Gasteiger partial charge in [-0.05, 0) is 40.5 Å². The molecule has 0 aromatic heterocycles. The van der Waals surface area contributed by atoms with Crippen molar-refractivity contribution in [2.24, 2.45) is 0 Å². The third kappa shape index (κ3) is 4.14. The van der Waals surface area contributed by atoms with Gasteiger partial charge in [-0.1, -0.05) is 13.0 Å². The van der Waals surface area contributed by atoms with Crippen LogP contribution in [-0.4, -0.2) is 19.6 Å². The van der Waals surface area contributed by atoms with Gasteiger partial charge in [-0.3, -0.25) is 0 Å². The molecule has 0 atom stereocenters. The van der Waals surface area contributed by atoms with Crippen LogP contribution in [0.4, 0.5) is 10.1 Å². The van der Waals surface area contributed by atoms with Gasteiger partial charge in [0.25, 0.3) is 0 Å². The fourth-order valence-corrected chi connectivity index (χ4v) is 1.78. The highest BCUT2D eigenvalue weighted by Crippen LogP contribution is 2.19. The standard InChI is InChI=1S/C13H15BrFNO2/c1-3-9(13(17)18-2)6-7-16-10-4-5-12(15)11(14)8-10/h4-6,8,16H,3,7H2,1-2H3/b9-6-. The SMILES string of the molecule is CC/C(=C/CNc1ccc(F)c(Br)c1)C(=O)OC. The minimum absolute atomic E-state index is 0.306. The van der Waals surface area contributed by atoms with Crippen molar-refractivity contribution in [3.05, 3.63) is 40.1 Å². The van der Waals surface area contributed by atoms with Gasteiger partial charge in [-0.15, -0.1) is 0 Å². The molecule has 3 nitrogen and oxygen atoms in total. The maximum atomic E-state index is 13.0. The fourth-order valence-electron chi connectivity index (χ4n) is 1.40. The number of methoxy groups -OCH3 is 1. The summed E-state index contributed by atoms with van der Waals surface area (Å²) in [6.45, 7) is 2.37. The van der Waals surface area contributed by atoms with Crippen molar-refractivity contribution in [3.63, 3.8) is 0 Å². The Labute approximate surface area is 114 Å². The van der Waals surface area contributed by atoms with Gasteiger partial charge in [-0.25, -0.2) is 9.18 Å². The van der Waals surface area contributed by atoms with Crippen LogP contribution in [0.2, 0.25) is 0 Å². The molecule has 0 heterocycles. The molecule has 5 heteroatoms. The van der Waals surface area contributed by atoms with Crippen molar-refractivity contribution < 1.29 is 13.9 Å². The molecule has 0 spiro atoms. The van der Waals surface area contributed by atoms with Crippen LogP contribution < -0.4 is 5.32 Å². The summed E-state index contributed by atoms with van der Waals surface area (Å²) >= 11 is 3.11. The molecular formula is C13H15BrFNO2. The first-order chi connectivity index (χ1) is 8.58. The second-order valence-electron chi connectivity index (χ2n) is 3.58. The molecular weight excluding hydrogens is 301 g/mol. The molecule has 0 fully saturated rings. The molecule has 1 aromatic carbocycles. The third-order valence-electron chi connectivity index (χ3n) is 2.40. The molecule has 0 aliphatic carbocycles. The van der Waals surface area contributed by atoms with Gasteiger partial charge in [0, 0.05) is 17.8 Å². The molecule has 0 saturated heterocycles. The Kier molecular flexibility index (Phi) is 5.85. The predicted octanol–water partition coefficient (Wildman–Crippen LogP) is 3.51. The smallest absolute Gasteiger partial charge is 0.333 e. The van der Waals surface area contributed by atoms with Crippen molar-refractivity contribution in [1.82, 2.24) is 0 Å². The minimum Gasteiger partial charge on any atom is -0.466 e. The molecule has 1 aromatic rings. The highest BCUT2D eigenvalue weighted by atomic mass is 79.9. The Balaban J connectivity index is 2.62. The van der Waals surface area contributed by atoms with Crippen LogP contribution in [-0.2, 0) is 9.53 Å². The lowest BCUT2D eigenvalue weighted by molar-refractivity contribution is -0.136. The first-order valence-electron chi connectivity index (χ1n) is 5.54. The summed E-state index contributed by atoms with van der Waals surface area (Å²) in [4.78, 5) is 11.3. The quantitative estimate of drug-likeness (QED) is 0.667. The number of carbonyl (C=O) groups is 1. The van der Waals surface area contributed by atoms with E-state index in [1.54, 1.807) is 18.2 Å². The molecule has 1 rings (SSSR count). The lowest BCUT2D eigenvalue weighted by Crippen LogP contribution is -2.07. The summed E-state index contributed by atoms with van der Waals surface area (Å²) < 4.78 is 18.1. The second-order valence-corrected chi connectivity index (χ2v) is 4.44. The minimum atomic E-state index is -0.320. The molecule has 0 bridgehead atoms. The van der Waals surface area contributed by atoms with E-state index in [-0.39, 0.29) is 11.8 Å². The number of carbonyl (C=O) groups excluding carboxylic acids is 1. The van der Waals surface area contributed by atoms with Crippen LogP contribution >= 0.6 is 15.9 Å². The molecule has 98 valence electrons. The largest absolute Gasteiger partial charge is 0.466 e. The Hall–Kier alpha value is -1.36. The summed E-state index contributed by atoms with van der Waals surface area (Å²) in [5.74, 6) is -0.625. The van der Waals surface area contributed by atoms with E-state index in [1.807, 2.05) is 6.92 Å². The molecule has 0 radical (unpaired) electrons. The molecule has 0 aliphatic heterocycles. The molecule has 1 N–H and O–H groups in total. The van der Waals surface area contributed by atoms with E-state index in [4.69, 9.17) is 0 Å². The van der Waals surface area contributed by atoms with Crippen molar-refractivity contribution in [3.8, 4) is 0 Å². The predicted molar refractivity (Wildman–Crippen MR) is 73.0 cm³/mol. The number of esters is 1. The zero-order valence-electron chi connectivity index (χ0n) is 10.3. The molecule has 0 amide bonds. The first-order valence-corrected chi connectivity index (χ1v) is 6.34. The van der Waals surface area contributed by atoms with Crippen molar-refractivity contribution in [2.45, 2.75) is 13.3 Å². The molecule has 0 saturated carbocycles. The normalized spacial score (nSPS) is 11.2. The van der Waals surface area contributed by atoms with Crippen LogP contribution in [0, 0.1) is 5.82 Å². The van der Waals surface area contributed by atoms with Crippen molar-refractivity contribution in [1.29, 1.82) is 0 Å². The topological polar surface area (TPSA) is 38.3 Å². The monoisotopic (exact) mass is 315 g/mol. The number of nitrogens with one attached hydrogen (secondary N) is 1. The van der Waals surface area contributed by atoms with Crippen molar-refractivity contribution in [2.75, 3.05) is 19.0 Å². The zero-order valence-corrected chi connectivity index (χ0v) is 11.9. The third-order valence-corrected chi connectivity index (χ3v) is 3.01. The Morgan fingerprint density at radius 2 is 2.28 bits per heavy atom. The fraction of sp³-hybridized carbons (Fsp3) is 0.308. The number of halogens is 2. The van der Waals surface area contributed by atoms with Gasteiger partial charge in [-0.2, -0.15) is 0 Å². The summed E-state index contributed by atoms with van der Waals surface area (Å²) in [6, 6.07) is 4.65. The van der Waals surface area contributed by atoms with Crippen LogP contribution in [0.5, 0.6) is 0 Å².